The second-order valence-corrected chi connectivity index (χ2v) is 10.2. The molecule has 1 atom stereocenters. The largest absolute Gasteiger partial charge is 0.432 e. The monoisotopic (exact) mass is 706 g/mol. The molecule has 0 amide bonds. The van der Waals surface area contributed by atoms with E-state index in [0.29, 0.717) is 24.3 Å². The van der Waals surface area contributed by atoms with Crippen LogP contribution in [0.4, 0.5) is 65.9 Å². The van der Waals surface area contributed by atoms with Gasteiger partial charge in [-0.2, -0.15) is 30.7 Å². The zero-order valence-corrected chi connectivity index (χ0v) is 23.9. The molecule has 4 aromatic carbocycles. The average Bonchev–Trinajstić information content (AvgIpc) is 2.89. The molecule has 48 heavy (non-hydrogen) atoms. The quantitative estimate of drug-likeness (QED) is 0.161. The Balaban J connectivity index is 1.66. The van der Waals surface area contributed by atoms with Crippen LogP contribution in [0.25, 0.3) is 0 Å². The fourth-order valence-corrected chi connectivity index (χ4v) is 4.77. The van der Waals surface area contributed by atoms with E-state index in [1.807, 2.05) is 0 Å². The summed E-state index contributed by atoms with van der Waals surface area (Å²) < 4.78 is 220. The molecule has 0 spiro atoms. The first-order valence-electron chi connectivity index (χ1n) is 13.2. The maximum Gasteiger partial charge on any atom is 0.432 e. The second-order valence-electron chi connectivity index (χ2n) is 10.2. The third-order valence-corrected chi connectivity index (χ3v) is 6.97. The Morgan fingerprint density at radius 2 is 0.771 bits per heavy atom. The molecule has 17 heteroatoms. The first-order chi connectivity index (χ1) is 22.1. The highest BCUT2D eigenvalue weighted by Gasteiger charge is 2.44. The fourth-order valence-electron chi connectivity index (χ4n) is 4.77. The zero-order valence-electron chi connectivity index (χ0n) is 23.9. The zero-order chi connectivity index (χ0) is 36.1. The number of ether oxygens (including phenoxy) is 2. The van der Waals surface area contributed by atoms with Crippen molar-refractivity contribution < 1.29 is 75.3 Å². The highest BCUT2D eigenvalue weighted by atomic mass is 19.4. The first kappa shape index (κ1) is 36.3. The van der Waals surface area contributed by atoms with Gasteiger partial charge in [0.1, 0.15) is 74.7 Å². The molecule has 4 rings (SSSR count). The number of halogens is 15. The first-order valence-corrected chi connectivity index (χ1v) is 13.2. The van der Waals surface area contributed by atoms with Crippen molar-refractivity contribution in [3.8, 4) is 11.5 Å². The Morgan fingerprint density at radius 1 is 0.479 bits per heavy atom. The maximum absolute atomic E-state index is 15.0. The van der Waals surface area contributed by atoms with E-state index in [0.717, 1.165) is 6.92 Å². The van der Waals surface area contributed by atoms with Crippen molar-refractivity contribution in [2.75, 3.05) is 0 Å². The topological polar surface area (TPSA) is 18.5 Å². The van der Waals surface area contributed by atoms with Crippen LogP contribution in [0, 0.1) is 53.5 Å². The van der Waals surface area contributed by atoms with E-state index in [1.165, 1.54) is 6.92 Å². The highest BCUT2D eigenvalue weighted by molar-refractivity contribution is 5.40. The van der Waals surface area contributed by atoms with Crippen molar-refractivity contribution in [2.24, 2.45) is 0 Å². The predicted molar refractivity (Wildman–Crippen MR) is 136 cm³/mol. The van der Waals surface area contributed by atoms with E-state index >= 15 is 0 Å². The van der Waals surface area contributed by atoms with Crippen molar-refractivity contribution in [1.82, 2.24) is 0 Å². The lowest BCUT2D eigenvalue weighted by Gasteiger charge is -2.23. The minimum absolute atomic E-state index is 0.250. The Morgan fingerprint density at radius 3 is 1.06 bits per heavy atom. The van der Waals surface area contributed by atoms with Crippen molar-refractivity contribution >= 4 is 0 Å². The summed E-state index contributed by atoms with van der Waals surface area (Å²) in [6.07, 6.45) is -15.8. The van der Waals surface area contributed by atoms with Gasteiger partial charge in [0, 0.05) is 35.7 Å². The van der Waals surface area contributed by atoms with Crippen LogP contribution in [0.15, 0.2) is 48.5 Å². The van der Waals surface area contributed by atoms with Gasteiger partial charge in [0.25, 0.3) is 0 Å². The lowest BCUT2D eigenvalue weighted by Crippen LogP contribution is -2.26. The molecule has 0 aliphatic heterocycles. The van der Waals surface area contributed by atoms with E-state index in [-0.39, 0.29) is 30.7 Å². The van der Waals surface area contributed by atoms with Crippen LogP contribution in [0.5, 0.6) is 11.5 Å². The van der Waals surface area contributed by atoms with Crippen LogP contribution in [0.2, 0.25) is 0 Å². The SMILES string of the molecule is CCC(c1cc(F)c(C(F)(F)Oc2cc(F)c(C)c(F)c2)c(F)c1)c1cc(F)c(C(F)(F)Oc2cc(F)c(C(F)(F)F)c(F)c2)c(F)c1. The van der Waals surface area contributed by atoms with Gasteiger partial charge >= 0.3 is 18.4 Å². The number of hydrogen-bond donors (Lipinski definition) is 0. The summed E-state index contributed by atoms with van der Waals surface area (Å²) in [6.45, 7) is 2.27. The van der Waals surface area contributed by atoms with Crippen LogP contribution in [-0.4, -0.2) is 0 Å². The number of benzene rings is 4. The standard InChI is InChI=1S/C31H17F15O2/c1-3-17(13-4-20(34)27(21(35)5-13)30(43,44)47-15-8-18(32)12(2)19(33)9-15)14-6-22(36)28(23(37)7-14)31(45,46)48-16-10-24(38)26(25(39)11-16)29(40,41)42/h4-11,17H,3H2,1-2H3. The van der Waals surface area contributed by atoms with Crippen molar-refractivity contribution in [2.45, 2.75) is 44.6 Å². The van der Waals surface area contributed by atoms with Gasteiger partial charge in [-0.25, -0.2) is 35.1 Å². The summed E-state index contributed by atoms with van der Waals surface area (Å²) in [5.41, 5.74) is -8.29. The van der Waals surface area contributed by atoms with E-state index < -0.39 is 116 Å². The molecular weight excluding hydrogens is 689 g/mol. The van der Waals surface area contributed by atoms with Crippen LogP contribution >= 0.6 is 0 Å². The molecule has 0 aliphatic carbocycles. The molecule has 258 valence electrons. The van der Waals surface area contributed by atoms with Crippen molar-refractivity contribution in [1.29, 1.82) is 0 Å². The third-order valence-electron chi connectivity index (χ3n) is 6.97. The molecule has 0 bridgehead atoms. The molecule has 2 nitrogen and oxygen atoms in total. The van der Waals surface area contributed by atoms with E-state index in [4.69, 9.17) is 0 Å². The van der Waals surface area contributed by atoms with Crippen molar-refractivity contribution in [3.05, 3.63) is 128 Å². The van der Waals surface area contributed by atoms with Gasteiger partial charge in [-0.1, -0.05) is 6.92 Å². The summed E-state index contributed by atoms with van der Waals surface area (Å²) in [7, 11) is 0. The molecule has 1 unspecified atom stereocenters. The molecular formula is C31H17F15O2. The summed E-state index contributed by atoms with van der Waals surface area (Å²) in [4.78, 5) is 0. The minimum atomic E-state index is -5.57. The van der Waals surface area contributed by atoms with E-state index in [2.05, 4.69) is 9.47 Å². The second kappa shape index (κ2) is 12.8. The molecule has 0 N–H and O–H groups in total. The number of hydrogen-bond acceptors (Lipinski definition) is 2. The van der Waals surface area contributed by atoms with Gasteiger partial charge in [-0.05, 0) is 48.7 Å². The van der Waals surface area contributed by atoms with Gasteiger partial charge in [-0.15, -0.1) is 0 Å². The van der Waals surface area contributed by atoms with Crippen molar-refractivity contribution in [3.63, 3.8) is 0 Å². The highest BCUT2D eigenvalue weighted by Crippen LogP contribution is 2.42. The van der Waals surface area contributed by atoms with Crippen LogP contribution in [0.3, 0.4) is 0 Å². The molecule has 0 heterocycles. The lowest BCUT2D eigenvalue weighted by molar-refractivity contribution is -0.190. The number of alkyl halides is 7. The van der Waals surface area contributed by atoms with Gasteiger partial charge in [0.15, 0.2) is 0 Å². The Hall–Kier alpha value is -4.57. The lowest BCUT2D eigenvalue weighted by atomic mass is 9.87. The molecule has 0 radical (unpaired) electrons. The fraction of sp³-hybridized carbons (Fsp3) is 0.226. The number of rotatable bonds is 9. The van der Waals surface area contributed by atoms with Crippen LogP contribution < -0.4 is 9.47 Å². The summed E-state index contributed by atoms with van der Waals surface area (Å²) in [5.74, 6) is -19.6. The molecule has 0 saturated carbocycles. The summed E-state index contributed by atoms with van der Waals surface area (Å²) in [6, 6.07) is 1.21. The van der Waals surface area contributed by atoms with Gasteiger partial charge in [0.05, 0.1) is 0 Å². The van der Waals surface area contributed by atoms with Gasteiger partial charge in [-0.3, -0.25) is 0 Å². The molecule has 0 fully saturated rings. The van der Waals surface area contributed by atoms with Crippen LogP contribution in [-0.2, 0) is 18.4 Å². The Labute approximate surface area is 260 Å². The Kier molecular flexibility index (Phi) is 9.67. The maximum atomic E-state index is 15.0. The predicted octanol–water partition coefficient (Wildman–Crippen LogP) is 10.9. The molecule has 0 aliphatic rings. The normalized spacial score (nSPS) is 13.1. The third kappa shape index (κ3) is 7.13. The minimum Gasteiger partial charge on any atom is -0.429 e. The van der Waals surface area contributed by atoms with E-state index in [1.54, 1.807) is 0 Å². The van der Waals surface area contributed by atoms with Gasteiger partial charge in [0.2, 0.25) is 0 Å². The molecule has 0 saturated heterocycles. The Bertz CT molecular complexity index is 1780. The summed E-state index contributed by atoms with van der Waals surface area (Å²) >= 11 is 0. The van der Waals surface area contributed by atoms with Gasteiger partial charge < -0.3 is 9.47 Å². The molecule has 4 aromatic rings. The average molecular weight is 706 g/mol. The smallest absolute Gasteiger partial charge is 0.429 e. The molecule has 0 aromatic heterocycles. The summed E-state index contributed by atoms with van der Waals surface area (Å²) in [5, 5.41) is 0. The van der Waals surface area contributed by atoms with Crippen LogP contribution in [0.1, 0.15) is 52.6 Å². The van der Waals surface area contributed by atoms with E-state index in [9.17, 15) is 65.9 Å².